The van der Waals surface area contributed by atoms with Crippen molar-refractivity contribution in [1.82, 2.24) is 0 Å². The molecule has 74 valence electrons. The summed E-state index contributed by atoms with van der Waals surface area (Å²) in [4.78, 5) is 28.5. The van der Waals surface area contributed by atoms with E-state index >= 15 is 0 Å². The predicted octanol–water partition coefficient (Wildman–Crippen LogP) is -11.6. The molecule has 0 aliphatic carbocycles. The van der Waals surface area contributed by atoms with E-state index in [9.17, 15) is 0 Å². The number of hydrogen-bond acceptors (Lipinski definition) is 3. The van der Waals surface area contributed by atoms with Gasteiger partial charge in [-0.3, -0.25) is 0 Å². The molecule has 5 N–H and O–H groups in total. The second kappa shape index (κ2) is 43.2. The molecule has 0 aliphatic rings. The normalized spacial score (nSPS) is 4.27. The van der Waals surface area contributed by atoms with Gasteiger partial charge in [0, 0.05) is 9.13 Å². The molecule has 0 saturated heterocycles. The molecule has 7 nitrogen and oxygen atoms in total. The predicted molar refractivity (Wildman–Crippen MR) is 41.4 cm³/mol. The molecular weight excluding hydrogens is 290 g/mol. The van der Waals surface area contributed by atoms with Crippen LogP contribution in [0.1, 0.15) is 5.71 Å². The molecule has 0 unspecified atom stereocenters. The fourth-order valence-electron chi connectivity index (χ4n) is 0. The largest absolute Gasteiger partial charge is 1.00 e. The Balaban J connectivity index is -0.00000000467. The molecule has 13 heteroatoms. The van der Waals surface area contributed by atoms with Crippen LogP contribution in [0.25, 0.3) is 0 Å². The molecule has 0 aliphatic heterocycles. The SMILES string of the molecule is C=CO.O=[P+](O)O.O=[P+](O)O.[H-].[H-].[H-].[H-].[Na+].[Na+].[Na+].[Na+]. The van der Waals surface area contributed by atoms with Crippen molar-refractivity contribution in [2.45, 2.75) is 0 Å². The average molecular weight is 302 g/mol. The van der Waals surface area contributed by atoms with Gasteiger partial charge in [0.25, 0.3) is 0 Å². The van der Waals surface area contributed by atoms with E-state index in [4.69, 9.17) is 33.8 Å². The van der Waals surface area contributed by atoms with Crippen molar-refractivity contribution in [3.8, 4) is 0 Å². The molecule has 0 heterocycles. The van der Waals surface area contributed by atoms with Gasteiger partial charge in [-0.05, 0) is 0 Å². The summed E-state index contributed by atoms with van der Waals surface area (Å²) >= 11 is 0. The van der Waals surface area contributed by atoms with Crippen molar-refractivity contribution in [2.24, 2.45) is 0 Å². The van der Waals surface area contributed by atoms with Gasteiger partial charge in [0.05, 0.1) is 6.26 Å². The number of aliphatic hydroxyl groups excluding tert-OH is 1. The maximum absolute atomic E-state index is 8.70. The minimum atomic E-state index is -2.87. The summed E-state index contributed by atoms with van der Waals surface area (Å²) in [5.74, 6) is 0. The van der Waals surface area contributed by atoms with E-state index in [-0.39, 0.29) is 124 Å². The van der Waals surface area contributed by atoms with Crippen LogP contribution in [0.4, 0.5) is 0 Å². The molecule has 0 rings (SSSR count). The Labute approximate surface area is 184 Å². The molecule has 0 aromatic carbocycles. The molecule has 0 aromatic heterocycles. The first kappa shape index (κ1) is 42.8. The molecular formula is C2H12Na4O7P2+2. The second-order valence-corrected chi connectivity index (χ2v) is 1.70. The van der Waals surface area contributed by atoms with Gasteiger partial charge in [-0.25, -0.2) is 0 Å². The quantitative estimate of drug-likeness (QED) is 0.170. The average Bonchev–Trinajstić information content (AvgIpc) is 1.60. The van der Waals surface area contributed by atoms with Gasteiger partial charge >= 0.3 is 135 Å². The third-order valence-electron chi connectivity index (χ3n) is 0. The van der Waals surface area contributed by atoms with Crippen LogP contribution in [0, 0.1) is 0 Å². The first-order valence-electron chi connectivity index (χ1n) is 1.83. The van der Waals surface area contributed by atoms with E-state index in [1.54, 1.807) is 0 Å². The Bertz CT molecular complexity index is 128. The van der Waals surface area contributed by atoms with Crippen LogP contribution in [0.2, 0.25) is 0 Å². The van der Waals surface area contributed by atoms with E-state index in [1.807, 2.05) is 0 Å². The molecule has 0 atom stereocenters. The molecule has 0 spiro atoms. The van der Waals surface area contributed by atoms with Crippen molar-refractivity contribution in [1.29, 1.82) is 0 Å². The van der Waals surface area contributed by atoms with E-state index in [0.717, 1.165) is 6.26 Å². The van der Waals surface area contributed by atoms with E-state index in [2.05, 4.69) is 6.58 Å². The van der Waals surface area contributed by atoms with Crippen LogP contribution in [0.3, 0.4) is 0 Å². The van der Waals surface area contributed by atoms with Gasteiger partial charge in [-0.15, -0.1) is 19.6 Å². The van der Waals surface area contributed by atoms with Crippen molar-refractivity contribution in [3.63, 3.8) is 0 Å². The Morgan fingerprint density at radius 2 is 0.867 bits per heavy atom. The maximum Gasteiger partial charge on any atom is 1.00 e. The fraction of sp³-hybridized carbons (Fsp3) is 0. The van der Waals surface area contributed by atoms with Gasteiger partial charge in [-0.1, -0.05) is 6.58 Å². The summed E-state index contributed by atoms with van der Waals surface area (Å²) in [6.45, 7) is 2.92. The van der Waals surface area contributed by atoms with Gasteiger partial charge < -0.3 is 10.8 Å². The van der Waals surface area contributed by atoms with Crippen molar-refractivity contribution >= 4 is 16.5 Å². The monoisotopic (exact) mass is 302 g/mol. The van der Waals surface area contributed by atoms with Gasteiger partial charge in [0.2, 0.25) is 0 Å². The summed E-state index contributed by atoms with van der Waals surface area (Å²) in [5.41, 5.74) is 0. The van der Waals surface area contributed by atoms with Crippen LogP contribution in [0.5, 0.6) is 0 Å². The zero-order chi connectivity index (χ0) is 9.86. The third kappa shape index (κ3) is 333. The zero-order valence-electron chi connectivity index (χ0n) is 13.2. The summed E-state index contributed by atoms with van der Waals surface area (Å²) in [6, 6.07) is 0. The first-order valence-corrected chi connectivity index (χ1v) is 4.16. The summed E-state index contributed by atoms with van der Waals surface area (Å²) < 4.78 is 17.4. The zero-order valence-corrected chi connectivity index (χ0v) is 19.0. The second-order valence-electron chi connectivity index (χ2n) is 0.688. The van der Waals surface area contributed by atoms with Crippen LogP contribution in [-0.2, 0) is 9.13 Å². The van der Waals surface area contributed by atoms with E-state index < -0.39 is 16.5 Å². The van der Waals surface area contributed by atoms with E-state index in [1.165, 1.54) is 0 Å². The Morgan fingerprint density at radius 1 is 0.867 bits per heavy atom. The van der Waals surface area contributed by atoms with Crippen molar-refractivity contribution in [2.75, 3.05) is 0 Å². The minimum Gasteiger partial charge on any atom is -1.00 e. The van der Waals surface area contributed by atoms with Gasteiger partial charge in [-0.2, -0.15) is 0 Å². The molecule has 15 heavy (non-hydrogen) atoms. The van der Waals surface area contributed by atoms with E-state index in [0.29, 0.717) is 0 Å². The third-order valence-corrected chi connectivity index (χ3v) is 0. The first-order chi connectivity index (χ1) is 4.88. The molecule has 0 fully saturated rings. The molecule has 0 aromatic rings. The van der Waals surface area contributed by atoms with Crippen molar-refractivity contribution in [3.05, 3.63) is 12.8 Å². The summed E-state index contributed by atoms with van der Waals surface area (Å²) in [7, 11) is -5.74. The number of rotatable bonds is 0. The topological polar surface area (TPSA) is 135 Å². The van der Waals surface area contributed by atoms with Gasteiger partial charge in [0.15, 0.2) is 0 Å². The fourth-order valence-corrected chi connectivity index (χ4v) is 0. The molecule has 0 radical (unpaired) electrons. The smallest absolute Gasteiger partial charge is 1.00 e. The standard InChI is InChI=1S/C2H4O.4Na.2HO3P.4H/c1-2-3;;;;;2*1-4(2)3;;;;/h2-3H,1H2;;;;;2*(H-,1,2,3);;;;/q;4*+1;;;4*-1/p+2. The van der Waals surface area contributed by atoms with Crippen molar-refractivity contribution < 1.29 is 158 Å². The number of hydrogen-bond donors (Lipinski definition) is 5. The van der Waals surface area contributed by atoms with Gasteiger partial charge in [0.1, 0.15) is 0 Å². The molecule has 0 amide bonds. The molecule has 0 saturated carbocycles. The Hall–Kier alpha value is 3.58. The van der Waals surface area contributed by atoms with Crippen LogP contribution in [0.15, 0.2) is 12.8 Å². The summed E-state index contributed by atoms with van der Waals surface area (Å²) in [6.07, 6.45) is 0.750. The van der Waals surface area contributed by atoms with Crippen LogP contribution < -0.4 is 118 Å². The summed E-state index contributed by atoms with van der Waals surface area (Å²) in [5, 5.41) is 7.33. The maximum atomic E-state index is 8.70. The Morgan fingerprint density at radius 3 is 0.867 bits per heavy atom. The van der Waals surface area contributed by atoms with Crippen LogP contribution in [-0.4, -0.2) is 24.7 Å². The number of aliphatic hydroxyl groups is 1. The Kier molecular flexibility index (Phi) is 123. The van der Waals surface area contributed by atoms with Crippen LogP contribution >= 0.6 is 16.5 Å². The molecule has 0 bridgehead atoms. The minimum absolute atomic E-state index is 0.